The molecule has 2 fully saturated rings. The van der Waals surface area contributed by atoms with Crippen LogP contribution in [-0.2, 0) is 11.3 Å². The quantitative estimate of drug-likeness (QED) is 0.745. The molecule has 0 aliphatic carbocycles. The Bertz CT molecular complexity index is 823. The first-order chi connectivity index (χ1) is 14.1. The molecular weight excluding hydrogens is 410 g/mol. The summed E-state index contributed by atoms with van der Waals surface area (Å²) < 4.78 is 5.60. The van der Waals surface area contributed by atoms with Gasteiger partial charge in [0.1, 0.15) is 16.5 Å². The van der Waals surface area contributed by atoms with E-state index in [-0.39, 0.29) is 12.4 Å². The number of nitrogens with zero attached hydrogens (tertiary/aromatic N) is 4. The molecule has 0 aromatic carbocycles. The number of pyridine rings is 1. The third kappa shape index (κ3) is 4.94. The van der Waals surface area contributed by atoms with Gasteiger partial charge in [-0.05, 0) is 30.7 Å². The molecule has 158 valence electrons. The van der Waals surface area contributed by atoms with Crippen molar-refractivity contribution in [3.63, 3.8) is 0 Å². The van der Waals surface area contributed by atoms with Gasteiger partial charge < -0.3 is 20.5 Å². The molecular formula is C20H28ClN5O2S. The van der Waals surface area contributed by atoms with Crippen LogP contribution in [0.4, 0.5) is 11.6 Å². The van der Waals surface area contributed by atoms with Crippen LogP contribution in [0.1, 0.15) is 38.8 Å². The lowest BCUT2D eigenvalue weighted by Crippen LogP contribution is -2.41. The first-order valence-corrected chi connectivity index (χ1v) is 11.2. The van der Waals surface area contributed by atoms with E-state index < -0.39 is 0 Å². The molecule has 4 rings (SSSR count). The van der Waals surface area contributed by atoms with Crippen molar-refractivity contribution in [3.8, 4) is 0 Å². The van der Waals surface area contributed by atoms with E-state index >= 15 is 0 Å². The summed E-state index contributed by atoms with van der Waals surface area (Å²) >= 11 is 7.56. The van der Waals surface area contributed by atoms with Gasteiger partial charge in [0.25, 0.3) is 0 Å². The molecule has 2 aliphatic rings. The maximum Gasteiger partial charge on any atom is 0.152 e. The summed E-state index contributed by atoms with van der Waals surface area (Å²) in [5.74, 6) is 1.04. The zero-order valence-electron chi connectivity index (χ0n) is 16.9. The predicted molar refractivity (Wildman–Crippen MR) is 116 cm³/mol. The van der Waals surface area contributed by atoms with Crippen LogP contribution in [0.25, 0.3) is 0 Å². The lowest BCUT2D eigenvalue weighted by Gasteiger charge is -2.39. The molecule has 3 N–H and O–H groups in total. The monoisotopic (exact) mass is 437 g/mol. The molecule has 0 bridgehead atoms. The van der Waals surface area contributed by atoms with Crippen molar-refractivity contribution < 1.29 is 9.84 Å². The number of ether oxygens (including phenoxy) is 1. The second-order valence-electron chi connectivity index (χ2n) is 7.04. The summed E-state index contributed by atoms with van der Waals surface area (Å²) in [7, 11) is 0. The standard InChI is InChI=1S/C18H22ClN5O2S.C2H6/c19-15-13(1-5-21-16(15)20)27-14-9-22-17(12(10-25)23-14)24-6-2-18(3-7-24)4-8-26-11-18;1-2/h1,5,9,25H,2-4,6-8,10-11H2,(H2,20,21);1-2H3. The third-order valence-corrected chi connectivity index (χ3v) is 6.83. The van der Waals surface area contributed by atoms with E-state index in [1.165, 1.54) is 11.8 Å². The summed E-state index contributed by atoms with van der Waals surface area (Å²) in [6.07, 6.45) is 6.64. The van der Waals surface area contributed by atoms with Crippen molar-refractivity contribution in [2.75, 3.05) is 36.9 Å². The number of nitrogen functional groups attached to an aromatic ring is 1. The molecule has 2 aliphatic heterocycles. The molecule has 0 atom stereocenters. The maximum atomic E-state index is 9.83. The van der Waals surface area contributed by atoms with Gasteiger partial charge in [0.2, 0.25) is 0 Å². The summed E-state index contributed by atoms with van der Waals surface area (Å²) in [5.41, 5.74) is 6.66. The predicted octanol–water partition coefficient (Wildman–Crippen LogP) is 3.78. The second kappa shape index (κ2) is 9.93. The fraction of sp³-hybridized carbons (Fsp3) is 0.550. The van der Waals surface area contributed by atoms with Crippen molar-refractivity contribution >= 4 is 35.0 Å². The molecule has 2 saturated heterocycles. The zero-order valence-corrected chi connectivity index (χ0v) is 18.5. The third-order valence-electron chi connectivity index (χ3n) is 5.35. The van der Waals surface area contributed by atoms with Crippen molar-refractivity contribution in [2.45, 2.75) is 49.6 Å². The van der Waals surface area contributed by atoms with E-state index in [9.17, 15) is 5.11 Å². The number of aliphatic hydroxyl groups is 1. The molecule has 0 unspecified atom stereocenters. The van der Waals surface area contributed by atoms with Crippen molar-refractivity contribution in [3.05, 3.63) is 29.2 Å². The molecule has 0 amide bonds. The van der Waals surface area contributed by atoms with Crippen molar-refractivity contribution in [1.29, 1.82) is 0 Å². The van der Waals surface area contributed by atoms with Gasteiger partial charge in [0, 0.05) is 30.8 Å². The Morgan fingerprint density at radius 1 is 1.28 bits per heavy atom. The number of nitrogens with two attached hydrogens (primary N) is 1. The molecule has 29 heavy (non-hydrogen) atoms. The van der Waals surface area contributed by atoms with Crippen LogP contribution < -0.4 is 10.6 Å². The van der Waals surface area contributed by atoms with E-state index in [0.717, 1.165) is 56.3 Å². The van der Waals surface area contributed by atoms with Gasteiger partial charge in [-0.3, -0.25) is 0 Å². The topological polar surface area (TPSA) is 97.4 Å². The first kappa shape index (κ1) is 22.1. The Morgan fingerprint density at radius 3 is 2.69 bits per heavy atom. The number of hydrogen-bond donors (Lipinski definition) is 2. The number of hydrogen-bond acceptors (Lipinski definition) is 8. The summed E-state index contributed by atoms with van der Waals surface area (Å²) in [6, 6.07) is 1.78. The van der Waals surface area contributed by atoms with E-state index in [1.807, 2.05) is 13.8 Å². The molecule has 1 spiro atoms. The molecule has 7 nitrogen and oxygen atoms in total. The lowest BCUT2D eigenvalue weighted by atomic mass is 9.78. The number of halogens is 1. The highest BCUT2D eigenvalue weighted by Gasteiger charge is 2.38. The Labute approximate surface area is 181 Å². The van der Waals surface area contributed by atoms with Gasteiger partial charge in [-0.15, -0.1) is 0 Å². The highest BCUT2D eigenvalue weighted by Crippen LogP contribution is 2.40. The van der Waals surface area contributed by atoms with Gasteiger partial charge >= 0.3 is 0 Å². The Kier molecular flexibility index (Phi) is 7.56. The van der Waals surface area contributed by atoms with Gasteiger partial charge in [0.15, 0.2) is 5.82 Å². The molecule has 2 aromatic heterocycles. The summed E-state index contributed by atoms with van der Waals surface area (Å²) in [4.78, 5) is 16.1. The fourth-order valence-electron chi connectivity index (χ4n) is 3.69. The van der Waals surface area contributed by atoms with Crippen LogP contribution in [0.15, 0.2) is 28.4 Å². The van der Waals surface area contributed by atoms with Crippen LogP contribution in [-0.4, -0.2) is 46.4 Å². The van der Waals surface area contributed by atoms with Crippen LogP contribution in [0, 0.1) is 5.41 Å². The zero-order chi connectivity index (χ0) is 20.9. The maximum absolute atomic E-state index is 9.83. The Morgan fingerprint density at radius 2 is 2.03 bits per heavy atom. The molecule has 0 radical (unpaired) electrons. The Balaban J connectivity index is 0.00000117. The highest BCUT2D eigenvalue weighted by molar-refractivity contribution is 7.99. The second-order valence-corrected chi connectivity index (χ2v) is 8.48. The average Bonchev–Trinajstić information content (AvgIpc) is 3.21. The minimum Gasteiger partial charge on any atom is -0.390 e. The first-order valence-electron chi connectivity index (χ1n) is 9.97. The molecule has 0 saturated carbocycles. The van der Waals surface area contributed by atoms with Gasteiger partial charge in [-0.2, -0.15) is 0 Å². The van der Waals surface area contributed by atoms with Crippen LogP contribution in [0.3, 0.4) is 0 Å². The largest absolute Gasteiger partial charge is 0.390 e. The summed E-state index contributed by atoms with van der Waals surface area (Å²) in [5, 5.41) is 10.9. The molecule has 4 heterocycles. The number of anilines is 2. The fourth-order valence-corrected chi connectivity index (χ4v) is 4.73. The minimum atomic E-state index is -0.159. The van der Waals surface area contributed by atoms with Crippen LogP contribution in [0.5, 0.6) is 0 Å². The van der Waals surface area contributed by atoms with Gasteiger partial charge in [0.05, 0.1) is 24.4 Å². The van der Waals surface area contributed by atoms with Crippen molar-refractivity contribution in [1.82, 2.24) is 15.0 Å². The van der Waals surface area contributed by atoms with Crippen molar-refractivity contribution in [2.24, 2.45) is 5.41 Å². The minimum absolute atomic E-state index is 0.159. The van der Waals surface area contributed by atoms with Crippen LogP contribution >= 0.6 is 23.4 Å². The molecule has 9 heteroatoms. The van der Waals surface area contributed by atoms with Gasteiger partial charge in [-0.25, -0.2) is 15.0 Å². The number of piperidine rings is 1. The van der Waals surface area contributed by atoms with Crippen LogP contribution in [0.2, 0.25) is 5.02 Å². The van der Waals surface area contributed by atoms with E-state index in [0.29, 0.717) is 21.2 Å². The number of rotatable bonds is 4. The highest BCUT2D eigenvalue weighted by atomic mass is 35.5. The molecule has 2 aromatic rings. The number of aliphatic hydroxyl groups excluding tert-OH is 1. The normalized spacial score (nSPS) is 17.9. The SMILES string of the molecule is CC.Nc1nccc(Sc2cnc(N3CCC4(CCOC4)CC3)c(CO)n2)c1Cl. The Hall–Kier alpha value is -1.61. The van der Waals surface area contributed by atoms with E-state index in [2.05, 4.69) is 19.9 Å². The van der Waals surface area contributed by atoms with E-state index in [4.69, 9.17) is 22.1 Å². The van der Waals surface area contributed by atoms with Gasteiger partial charge in [-0.1, -0.05) is 37.2 Å². The average molecular weight is 438 g/mol. The van der Waals surface area contributed by atoms with E-state index in [1.54, 1.807) is 18.5 Å². The lowest BCUT2D eigenvalue weighted by molar-refractivity contribution is 0.133. The summed E-state index contributed by atoms with van der Waals surface area (Å²) in [6.45, 7) is 7.39. The number of aromatic nitrogens is 3. The smallest absolute Gasteiger partial charge is 0.152 e.